The van der Waals surface area contributed by atoms with Gasteiger partial charge in [-0.05, 0) is 78.7 Å². The summed E-state index contributed by atoms with van der Waals surface area (Å²) >= 11 is 6.08. The van der Waals surface area contributed by atoms with Crippen molar-refractivity contribution in [2.75, 3.05) is 11.9 Å². The summed E-state index contributed by atoms with van der Waals surface area (Å²) < 4.78 is 6.72. The van der Waals surface area contributed by atoms with E-state index in [1.807, 2.05) is 50.2 Å². The van der Waals surface area contributed by atoms with Crippen molar-refractivity contribution < 1.29 is 14.3 Å². The number of carbonyl (C=O) groups excluding carboxylic acids is 2. The summed E-state index contributed by atoms with van der Waals surface area (Å²) in [5.41, 5.74) is 5.34. The lowest BCUT2D eigenvalue weighted by molar-refractivity contribution is 0.0950. The molecular weight excluding hydrogens is 516 g/mol. The summed E-state index contributed by atoms with van der Waals surface area (Å²) in [4.78, 5) is 33.5. The Morgan fingerprint density at radius 2 is 1.90 bits per heavy atom. The average Bonchev–Trinajstić information content (AvgIpc) is 3.37. The topological polar surface area (TPSA) is 111 Å². The number of nitrogens with zero attached hydrogens (tertiary/aromatic N) is 4. The minimum absolute atomic E-state index is 0.214. The molecule has 9 nitrogen and oxygen atoms in total. The van der Waals surface area contributed by atoms with Crippen LogP contribution in [0.4, 0.5) is 10.6 Å². The van der Waals surface area contributed by atoms with Crippen molar-refractivity contribution in [2.24, 2.45) is 0 Å². The summed E-state index contributed by atoms with van der Waals surface area (Å²) in [5, 5.41) is 13.4. The number of rotatable bonds is 7. The van der Waals surface area contributed by atoms with Gasteiger partial charge in [-0.15, -0.1) is 0 Å². The van der Waals surface area contributed by atoms with Gasteiger partial charge in [0.2, 0.25) is 0 Å². The van der Waals surface area contributed by atoms with Crippen molar-refractivity contribution >= 4 is 51.1 Å². The van der Waals surface area contributed by atoms with Crippen molar-refractivity contribution in [3.8, 4) is 0 Å². The SMILES string of the molecule is CCOC(=O)Nc1nccc2c(C)c(CNC(=O)c3cnn(Cc4ccc5ncc(Cl)cc5c4)c3)c(C)cc12. The molecule has 0 aliphatic rings. The maximum atomic E-state index is 13.0. The fourth-order valence-electron chi connectivity index (χ4n) is 4.62. The van der Waals surface area contributed by atoms with E-state index in [4.69, 9.17) is 16.3 Å². The van der Waals surface area contributed by atoms with Crippen LogP contribution < -0.4 is 10.6 Å². The molecule has 2 aromatic carbocycles. The number of ether oxygens (including phenoxy) is 1. The fourth-order valence-corrected chi connectivity index (χ4v) is 4.79. The molecule has 0 aliphatic heterocycles. The summed E-state index contributed by atoms with van der Waals surface area (Å²) in [7, 11) is 0. The van der Waals surface area contributed by atoms with E-state index in [9.17, 15) is 9.59 Å². The number of nitrogens with one attached hydrogen (secondary N) is 2. The number of fused-ring (bicyclic) bond motifs is 2. The largest absolute Gasteiger partial charge is 0.450 e. The summed E-state index contributed by atoms with van der Waals surface area (Å²) in [6.45, 7) is 6.84. The molecule has 5 aromatic rings. The molecule has 0 unspecified atom stereocenters. The van der Waals surface area contributed by atoms with Crippen LogP contribution in [-0.4, -0.2) is 38.4 Å². The molecule has 5 rings (SSSR count). The fraction of sp³-hybridized carbons (Fsp3) is 0.207. The molecule has 0 fully saturated rings. The lowest BCUT2D eigenvalue weighted by Crippen LogP contribution is -2.23. The highest BCUT2D eigenvalue weighted by Gasteiger charge is 2.15. The Morgan fingerprint density at radius 3 is 2.72 bits per heavy atom. The minimum atomic E-state index is -0.549. The van der Waals surface area contributed by atoms with E-state index in [-0.39, 0.29) is 12.5 Å². The predicted octanol–water partition coefficient (Wildman–Crippen LogP) is 5.80. The molecule has 0 saturated heterocycles. The Balaban J connectivity index is 1.29. The van der Waals surface area contributed by atoms with Crippen LogP contribution in [0.5, 0.6) is 0 Å². The van der Waals surface area contributed by atoms with Crippen LogP contribution >= 0.6 is 11.6 Å². The van der Waals surface area contributed by atoms with Crippen LogP contribution in [0.3, 0.4) is 0 Å². The number of hydrogen-bond acceptors (Lipinski definition) is 6. The number of aromatic nitrogens is 4. The van der Waals surface area contributed by atoms with Gasteiger partial charge in [0, 0.05) is 35.9 Å². The quantitative estimate of drug-likeness (QED) is 0.269. The first-order valence-corrected chi connectivity index (χ1v) is 12.9. The molecule has 2 N–H and O–H groups in total. The molecule has 198 valence electrons. The second-order valence-electron chi connectivity index (χ2n) is 9.19. The van der Waals surface area contributed by atoms with Crippen LogP contribution in [0, 0.1) is 13.8 Å². The molecule has 10 heteroatoms. The van der Waals surface area contributed by atoms with Gasteiger partial charge in [-0.3, -0.25) is 19.8 Å². The van der Waals surface area contributed by atoms with Gasteiger partial charge in [-0.1, -0.05) is 17.7 Å². The molecule has 0 aliphatic carbocycles. The lowest BCUT2D eigenvalue weighted by Gasteiger charge is -2.16. The molecule has 3 heterocycles. The molecule has 3 aromatic heterocycles. The zero-order valence-corrected chi connectivity index (χ0v) is 22.5. The summed E-state index contributed by atoms with van der Waals surface area (Å²) in [5.74, 6) is 0.222. The van der Waals surface area contributed by atoms with E-state index in [0.717, 1.165) is 43.9 Å². The number of anilines is 1. The van der Waals surface area contributed by atoms with Crippen molar-refractivity contribution in [3.05, 3.63) is 94.0 Å². The number of halogens is 1. The Hall–Kier alpha value is -4.50. The van der Waals surface area contributed by atoms with E-state index in [0.29, 0.717) is 29.5 Å². The third-order valence-electron chi connectivity index (χ3n) is 6.56. The zero-order valence-electron chi connectivity index (χ0n) is 21.8. The lowest BCUT2D eigenvalue weighted by atomic mass is 9.96. The molecular formula is C29H27ClN6O3. The Labute approximate surface area is 230 Å². The summed E-state index contributed by atoms with van der Waals surface area (Å²) in [6.07, 6.45) is 6.01. The van der Waals surface area contributed by atoms with E-state index in [1.54, 1.807) is 36.4 Å². The number of benzene rings is 2. The normalized spacial score (nSPS) is 11.1. The van der Waals surface area contributed by atoms with Gasteiger partial charge in [0.25, 0.3) is 5.91 Å². The van der Waals surface area contributed by atoms with Crippen LogP contribution in [0.2, 0.25) is 5.02 Å². The van der Waals surface area contributed by atoms with Crippen molar-refractivity contribution in [3.63, 3.8) is 0 Å². The van der Waals surface area contributed by atoms with Crippen LogP contribution in [0.15, 0.2) is 61.2 Å². The number of amides is 2. The maximum absolute atomic E-state index is 13.0. The van der Waals surface area contributed by atoms with Gasteiger partial charge in [0.1, 0.15) is 5.82 Å². The first kappa shape index (κ1) is 26.1. The second kappa shape index (κ2) is 11.1. The Kier molecular flexibility index (Phi) is 7.42. The third-order valence-corrected chi connectivity index (χ3v) is 6.76. The number of aryl methyl sites for hydroxylation is 2. The molecule has 39 heavy (non-hydrogen) atoms. The van der Waals surface area contributed by atoms with Crippen molar-refractivity contribution in [1.82, 2.24) is 25.1 Å². The van der Waals surface area contributed by atoms with Crippen LogP contribution in [0.25, 0.3) is 21.7 Å². The monoisotopic (exact) mass is 542 g/mol. The highest BCUT2D eigenvalue weighted by molar-refractivity contribution is 6.31. The van der Waals surface area contributed by atoms with Gasteiger partial charge in [-0.2, -0.15) is 5.10 Å². The molecule has 0 radical (unpaired) electrons. The molecule has 0 spiro atoms. The van der Waals surface area contributed by atoms with Gasteiger partial charge < -0.3 is 10.1 Å². The first-order chi connectivity index (χ1) is 18.8. The highest BCUT2D eigenvalue weighted by atomic mass is 35.5. The van der Waals surface area contributed by atoms with E-state index >= 15 is 0 Å². The molecule has 0 atom stereocenters. The third kappa shape index (κ3) is 5.68. The van der Waals surface area contributed by atoms with Gasteiger partial charge in [0.15, 0.2) is 0 Å². The van der Waals surface area contributed by atoms with Gasteiger partial charge in [-0.25, -0.2) is 9.78 Å². The Morgan fingerprint density at radius 1 is 1.05 bits per heavy atom. The van der Waals surface area contributed by atoms with Gasteiger partial charge >= 0.3 is 6.09 Å². The highest BCUT2D eigenvalue weighted by Crippen LogP contribution is 2.29. The second-order valence-corrected chi connectivity index (χ2v) is 9.62. The summed E-state index contributed by atoms with van der Waals surface area (Å²) in [6, 6.07) is 11.7. The average molecular weight is 543 g/mol. The maximum Gasteiger partial charge on any atom is 0.412 e. The molecule has 0 bridgehead atoms. The first-order valence-electron chi connectivity index (χ1n) is 12.5. The smallest absolute Gasteiger partial charge is 0.412 e. The predicted molar refractivity (Wildman–Crippen MR) is 151 cm³/mol. The standard InChI is InChI=1S/C29H27ClN6O3/c1-4-39-29(38)35-27-24-9-17(2)25(18(3)23(24)7-8-31-27)14-33-28(37)21-12-34-36(16-21)15-19-5-6-26-20(10-19)11-22(30)13-32-26/h5-13,16H,4,14-15H2,1-3H3,(H,33,37)(H,31,35,38). The van der Waals surface area contributed by atoms with E-state index < -0.39 is 6.09 Å². The molecule has 0 saturated carbocycles. The number of carbonyl (C=O) groups is 2. The Bertz CT molecular complexity index is 1710. The number of pyridine rings is 2. The van der Waals surface area contributed by atoms with Crippen LogP contribution in [0.1, 0.15) is 39.5 Å². The number of hydrogen-bond donors (Lipinski definition) is 2. The van der Waals surface area contributed by atoms with Crippen LogP contribution in [-0.2, 0) is 17.8 Å². The van der Waals surface area contributed by atoms with E-state index in [1.165, 1.54) is 0 Å². The van der Waals surface area contributed by atoms with Gasteiger partial charge in [0.05, 0.1) is 35.5 Å². The van der Waals surface area contributed by atoms with E-state index in [2.05, 4.69) is 25.7 Å². The van der Waals surface area contributed by atoms with Crippen molar-refractivity contribution in [2.45, 2.75) is 33.9 Å². The minimum Gasteiger partial charge on any atom is -0.450 e. The molecule has 2 amide bonds. The van der Waals surface area contributed by atoms with Crippen molar-refractivity contribution in [1.29, 1.82) is 0 Å². The zero-order chi connectivity index (χ0) is 27.5.